The summed E-state index contributed by atoms with van der Waals surface area (Å²) < 4.78 is 8.62. The molecule has 10 nitrogen and oxygen atoms in total. The van der Waals surface area contributed by atoms with Gasteiger partial charge in [-0.25, -0.2) is 9.97 Å². The summed E-state index contributed by atoms with van der Waals surface area (Å²) in [5.74, 6) is 2.09. The standard InChI is InChI=1S/C21H15ClN8O2/c1-28-8-24-18-16(28)19(31)29(9-25-18)7-14-26-20(27-32-14)21-12-6-30(17(21)15(12)21)11-3-2-10(5-23)13(22)4-11/h2-4,8-9,12,15,17H,6-7H2,1H3/t12-,15-,17?,21-/m1/s1. The zero-order valence-corrected chi connectivity index (χ0v) is 17.6. The maximum Gasteiger partial charge on any atom is 0.280 e. The van der Waals surface area contributed by atoms with E-state index in [1.165, 1.54) is 10.9 Å². The van der Waals surface area contributed by atoms with E-state index in [0.717, 1.165) is 12.2 Å². The predicted octanol–water partition coefficient (Wildman–Crippen LogP) is 1.47. The van der Waals surface area contributed by atoms with Crippen molar-refractivity contribution >= 4 is 28.5 Å². The summed E-state index contributed by atoms with van der Waals surface area (Å²) in [5.41, 5.74) is 2.06. The number of anilines is 1. The van der Waals surface area contributed by atoms with Crippen LogP contribution in [0.5, 0.6) is 0 Å². The molecule has 0 spiro atoms. The third kappa shape index (κ3) is 2.06. The van der Waals surface area contributed by atoms with Crippen molar-refractivity contribution in [1.29, 1.82) is 5.26 Å². The summed E-state index contributed by atoms with van der Waals surface area (Å²) >= 11 is 6.23. The minimum absolute atomic E-state index is 0.0721. The minimum atomic E-state index is -0.201. The van der Waals surface area contributed by atoms with Gasteiger partial charge in [0.1, 0.15) is 18.9 Å². The summed E-state index contributed by atoms with van der Waals surface area (Å²) in [7, 11) is 1.76. The molecule has 3 aromatic heterocycles. The summed E-state index contributed by atoms with van der Waals surface area (Å²) in [6, 6.07) is 7.96. The summed E-state index contributed by atoms with van der Waals surface area (Å²) in [5, 5.41) is 13.8. The lowest BCUT2D eigenvalue weighted by atomic mass is 10.1. The van der Waals surface area contributed by atoms with Gasteiger partial charge in [-0.2, -0.15) is 10.2 Å². The quantitative estimate of drug-likeness (QED) is 0.462. The van der Waals surface area contributed by atoms with Gasteiger partial charge in [0.05, 0.1) is 22.3 Å². The van der Waals surface area contributed by atoms with Crippen molar-refractivity contribution < 1.29 is 4.52 Å². The number of piperidine rings is 1. The van der Waals surface area contributed by atoms with Crippen LogP contribution in [0.1, 0.15) is 17.3 Å². The molecule has 4 atom stereocenters. The Hall–Kier alpha value is -3.71. The van der Waals surface area contributed by atoms with Crippen LogP contribution in [0.4, 0.5) is 5.69 Å². The molecule has 2 aliphatic carbocycles. The Bertz CT molecular complexity index is 1540. The molecule has 32 heavy (non-hydrogen) atoms. The van der Waals surface area contributed by atoms with Crippen LogP contribution in [-0.4, -0.2) is 41.8 Å². The van der Waals surface area contributed by atoms with Gasteiger partial charge in [0.15, 0.2) is 17.0 Å². The zero-order valence-electron chi connectivity index (χ0n) is 16.8. The maximum atomic E-state index is 12.8. The molecule has 2 saturated heterocycles. The molecule has 4 fully saturated rings. The first-order valence-corrected chi connectivity index (χ1v) is 10.6. The van der Waals surface area contributed by atoms with E-state index in [1.807, 2.05) is 12.1 Å². The van der Waals surface area contributed by atoms with Crippen LogP contribution in [0.2, 0.25) is 5.02 Å². The van der Waals surface area contributed by atoms with Crippen molar-refractivity contribution in [3.05, 3.63) is 63.5 Å². The summed E-state index contributed by atoms with van der Waals surface area (Å²) in [6.45, 7) is 1.06. The number of imidazole rings is 1. The van der Waals surface area contributed by atoms with E-state index in [-0.39, 0.29) is 17.5 Å². The molecule has 158 valence electrons. The third-order valence-electron chi connectivity index (χ3n) is 7.21. The molecule has 2 aliphatic heterocycles. The fourth-order valence-electron chi connectivity index (χ4n) is 5.60. The van der Waals surface area contributed by atoms with Gasteiger partial charge in [-0.05, 0) is 24.1 Å². The van der Waals surface area contributed by atoms with Crippen molar-refractivity contribution in [3.63, 3.8) is 0 Å². The van der Waals surface area contributed by atoms with Crippen LogP contribution in [0, 0.1) is 23.2 Å². The Labute approximate surface area is 185 Å². The van der Waals surface area contributed by atoms with Crippen molar-refractivity contribution in [3.8, 4) is 6.07 Å². The molecular formula is C21H15ClN8O2. The Morgan fingerprint density at radius 1 is 1.34 bits per heavy atom. The number of nitrogens with zero attached hydrogens (tertiary/aromatic N) is 8. The van der Waals surface area contributed by atoms with Crippen LogP contribution >= 0.6 is 11.6 Å². The third-order valence-corrected chi connectivity index (χ3v) is 7.52. The molecule has 4 aromatic rings. The number of nitriles is 1. The van der Waals surface area contributed by atoms with Gasteiger partial charge >= 0.3 is 0 Å². The molecule has 4 aliphatic rings. The van der Waals surface area contributed by atoms with Crippen LogP contribution in [0.3, 0.4) is 0 Å². The van der Waals surface area contributed by atoms with Gasteiger partial charge in [0.25, 0.3) is 5.56 Å². The van der Waals surface area contributed by atoms with E-state index in [0.29, 0.717) is 51.3 Å². The number of halogens is 1. The first kappa shape index (κ1) is 17.9. The summed E-state index contributed by atoms with van der Waals surface area (Å²) in [4.78, 5) is 28.1. The average molecular weight is 447 g/mol. The summed E-state index contributed by atoms with van der Waals surface area (Å²) in [6.07, 6.45) is 3.02. The molecule has 1 unspecified atom stereocenters. The van der Waals surface area contributed by atoms with Gasteiger partial charge in [-0.15, -0.1) is 0 Å². The van der Waals surface area contributed by atoms with Gasteiger partial charge in [0, 0.05) is 31.2 Å². The fourth-order valence-corrected chi connectivity index (χ4v) is 5.82. The Morgan fingerprint density at radius 2 is 2.19 bits per heavy atom. The van der Waals surface area contributed by atoms with Crippen LogP contribution in [0.25, 0.3) is 11.2 Å². The second kappa shape index (κ2) is 5.75. The number of benzene rings is 1. The highest BCUT2D eigenvalue weighted by atomic mass is 35.5. The Morgan fingerprint density at radius 3 is 2.97 bits per heavy atom. The number of fused-ring (bicyclic) bond motifs is 2. The minimum Gasteiger partial charge on any atom is -0.367 e. The van der Waals surface area contributed by atoms with Crippen molar-refractivity contribution in [2.75, 3.05) is 11.4 Å². The second-order valence-corrected chi connectivity index (χ2v) is 9.06. The number of aromatic nitrogens is 6. The van der Waals surface area contributed by atoms with Crippen LogP contribution < -0.4 is 10.5 Å². The molecule has 1 aromatic carbocycles. The smallest absolute Gasteiger partial charge is 0.280 e. The maximum absolute atomic E-state index is 12.8. The molecule has 0 N–H and O–H groups in total. The Kier molecular flexibility index (Phi) is 3.22. The molecule has 0 amide bonds. The number of aryl methyl sites for hydroxylation is 1. The van der Waals surface area contributed by atoms with E-state index in [9.17, 15) is 4.79 Å². The van der Waals surface area contributed by atoms with Crippen LogP contribution in [-0.2, 0) is 19.0 Å². The van der Waals surface area contributed by atoms with E-state index >= 15 is 0 Å². The monoisotopic (exact) mass is 446 g/mol. The highest BCUT2D eigenvalue weighted by molar-refractivity contribution is 6.32. The molecular weight excluding hydrogens is 432 g/mol. The zero-order chi connectivity index (χ0) is 21.8. The lowest BCUT2D eigenvalue weighted by molar-refractivity contribution is 0.362. The van der Waals surface area contributed by atoms with E-state index in [1.54, 1.807) is 24.0 Å². The lowest BCUT2D eigenvalue weighted by Crippen LogP contribution is -2.23. The van der Waals surface area contributed by atoms with Gasteiger partial charge in [0.2, 0.25) is 5.89 Å². The second-order valence-electron chi connectivity index (χ2n) is 8.66. The fraction of sp³-hybridized carbons (Fsp3) is 0.333. The van der Waals surface area contributed by atoms with Gasteiger partial charge in [-0.1, -0.05) is 16.8 Å². The molecule has 5 heterocycles. The van der Waals surface area contributed by atoms with Gasteiger partial charge in [-0.3, -0.25) is 9.36 Å². The number of hydrogen-bond acceptors (Lipinski definition) is 8. The first-order valence-electron chi connectivity index (χ1n) is 10.2. The van der Waals surface area contributed by atoms with Crippen molar-refractivity contribution in [2.45, 2.75) is 18.0 Å². The lowest BCUT2D eigenvalue weighted by Gasteiger charge is -2.19. The van der Waals surface area contributed by atoms with E-state index < -0.39 is 0 Å². The van der Waals surface area contributed by atoms with Crippen molar-refractivity contribution in [2.24, 2.45) is 18.9 Å². The first-order chi connectivity index (χ1) is 15.5. The highest BCUT2D eigenvalue weighted by Gasteiger charge is 2.95. The average Bonchev–Trinajstić information content (AvgIpc) is 3.24. The normalized spacial score (nSPS) is 26.9. The van der Waals surface area contributed by atoms with E-state index in [4.69, 9.17) is 21.4 Å². The number of rotatable bonds is 4. The Balaban J connectivity index is 1.15. The molecule has 0 radical (unpaired) electrons. The molecule has 11 heteroatoms. The SMILES string of the molecule is Cn1cnc2ncn(Cc3nc([C@@]45C6[C@H]4[C@H]5CN6c4ccc(C#N)c(Cl)c4)no3)c(=O)c21. The highest BCUT2D eigenvalue weighted by Crippen LogP contribution is 2.85. The largest absolute Gasteiger partial charge is 0.367 e. The molecule has 2 saturated carbocycles. The number of hydrogen-bond donors (Lipinski definition) is 0. The predicted molar refractivity (Wildman–Crippen MR) is 112 cm³/mol. The van der Waals surface area contributed by atoms with Crippen LogP contribution in [0.15, 0.2) is 40.2 Å². The molecule has 2 bridgehead atoms. The topological polar surface area (TPSA) is 119 Å². The van der Waals surface area contributed by atoms with Gasteiger partial charge < -0.3 is 14.0 Å². The van der Waals surface area contributed by atoms with E-state index in [2.05, 4.69) is 31.1 Å². The molecule has 8 rings (SSSR count). The van der Waals surface area contributed by atoms with Crippen molar-refractivity contribution in [1.82, 2.24) is 29.2 Å².